The lowest BCUT2D eigenvalue weighted by atomic mass is 10.2. The van der Waals surface area contributed by atoms with Crippen molar-refractivity contribution >= 4 is 17.7 Å². The summed E-state index contributed by atoms with van der Waals surface area (Å²) in [6, 6.07) is 8.02. The summed E-state index contributed by atoms with van der Waals surface area (Å²) in [7, 11) is 5.42. The third-order valence-corrected chi connectivity index (χ3v) is 4.36. The van der Waals surface area contributed by atoms with Crippen LogP contribution in [-0.4, -0.2) is 40.9 Å². The van der Waals surface area contributed by atoms with E-state index in [0.29, 0.717) is 17.6 Å². The maximum Gasteiger partial charge on any atom is 0.265 e. The van der Waals surface area contributed by atoms with Crippen molar-refractivity contribution in [1.29, 1.82) is 0 Å². The first-order valence-corrected chi connectivity index (χ1v) is 8.41. The van der Waals surface area contributed by atoms with E-state index in [-0.39, 0.29) is 0 Å². The minimum atomic E-state index is 0.576. The lowest BCUT2D eigenvalue weighted by Crippen LogP contribution is -2.10. The highest BCUT2D eigenvalue weighted by Crippen LogP contribution is 2.22. The number of benzene rings is 1. The Kier molecular flexibility index (Phi) is 5.05. The van der Waals surface area contributed by atoms with Gasteiger partial charge in [-0.25, -0.2) is 4.98 Å². The lowest BCUT2D eigenvalue weighted by Gasteiger charge is -2.07. The molecule has 0 atom stereocenters. The number of ether oxygens (including phenoxy) is 1. The molecular formula is C16H19N5O2S. The predicted molar refractivity (Wildman–Crippen MR) is 92.5 cm³/mol. The van der Waals surface area contributed by atoms with Crippen LogP contribution in [-0.2, 0) is 12.3 Å². The normalized spacial score (nSPS) is 10.8. The Morgan fingerprint density at radius 1 is 1.25 bits per heavy atom. The Balaban J connectivity index is 1.63. The molecule has 3 aromatic rings. The molecule has 0 radical (unpaired) electrons. The molecule has 0 bridgehead atoms. The molecule has 126 valence electrons. The van der Waals surface area contributed by atoms with E-state index in [0.717, 1.165) is 17.5 Å². The van der Waals surface area contributed by atoms with Crippen molar-refractivity contribution in [2.45, 2.75) is 17.5 Å². The number of methoxy groups -OCH3 is 1. The lowest BCUT2D eigenvalue weighted by molar-refractivity contribution is 0.390. The van der Waals surface area contributed by atoms with Crippen molar-refractivity contribution in [3.63, 3.8) is 0 Å². The third kappa shape index (κ3) is 3.88. The molecule has 8 heteroatoms. The van der Waals surface area contributed by atoms with Crippen LogP contribution in [0.1, 0.15) is 11.5 Å². The van der Waals surface area contributed by atoms with Crippen molar-refractivity contribution in [3.05, 3.63) is 48.1 Å². The Morgan fingerprint density at radius 2 is 2.04 bits per heavy atom. The molecule has 0 amide bonds. The highest BCUT2D eigenvalue weighted by atomic mass is 32.2. The Labute approximate surface area is 144 Å². The molecular weight excluding hydrogens is 326 g/mol. The standard InChI is InChI=1S/C16H19N5O2S/c1-20(2)15-18-14(23-19-15)11-24-16-17-8-9-21(16)10-12-4-6-13(22-3)7-5-12/h4-9H,10-11H2,1-3H3. The van der Waals surface area contributed by atoms with E-state index in [1.807, 2.05) is 37.3 Å². The molecule has 3 rings (SSSR count). The van der Waals surface area contributed by atoms with Crippen LogP contribution in [0.15, 0.2) is 46.3 Å². The van der Waals surface area contributed by atoms with E-state index in [9.17, 15) is 0 Å². The zero-order chi connectivity index (χ0) is 16.9. The van der Waals surface area contributed by atoms with Gasteiger partial charge in [-0.15, -0.1) is 0 Å². The average Bonchev–Trinajstić information content (AvgIpc) is 3.23. The summed E-state index contributed by atoms with van der Waals surface area (Å²) in [5.41, 5.74) is 1.18. The molecule has 2 heterocycles. The highest BCUT2D eigenvalue weighted by molar-refractivity contribution is 7.98. The number of anilines is 1. The van der Waals surface area contributed by atoms with Crippen LogP contribution < -0.4 is 9.64 Å². The first-order valence-electron chi connectivity index (χ1n) is 7.42. The Bertz CT molecular complexity index is 782. The fraction of sp³-hybridized carbons (Fsp3) is 0.312. The SMILES string of the molecule is COc1ccc(Cn2ccnc2SCc2nc(N(C)C)no2)cc1. The van der Waals surface area contributed by atoms with Gasteiger partial charge in [0.15, 0.2) is 5.16 Å². The van der Waals surface area contributed by atoms with Gasteiger partial charge in [-0.2, -0.15) is 4.98 Å². The predicted octanol–water partition coefficient (Wildman–Crippen LogP) is 2.68. The van der Waals surface area contributed by atoms with E-state index in [1.54, 1.807) is 25.1 Å². The van der Waals surface area contributed by atoms with E-state index < -0.39 is 0 Å². The van der Waals surface area contributed by atoms with Gasteiger partial charge in [-0.1, -0.05) is 23.9 Å². The van der Waals surface area contributed by atoms with Gasteiger partial charge >= 0.3 is 0 Å². The summed E-state index contributed by atoms with van der Waals surface area (Å²) in [5, 5.41) is 4.82. The summed E-state index contributed by atoms with van der Waals surface area (Å²) >= 11 is 1.57. The first-order chi connectivity index (χ1) is 11.7. The fourth-order valence-corrected chi connectivity index (χ4v) is 2.89. The van der Waals surface area contributed by atoms with Crippen LogP contribution >= 0.6 is 11.8 Å². The molecule has 0 aliphatic carbocycles. The number of rotatable bonds is 7. The van der Waals surface area contributed by atoms with E-state index >= 15 is 0 Å². The molecule has 0 fully saturated rings. The Hall–Kier alpha value is -2.48. The van der Waals surface area contributed by atoms with Gasteiger partial charge in [-0.05, 0) is 22.9 Å². The fourth-order valence-electron chi connectivity index (χ4n) is 2.10. The van der Waals surface area contributed by atoms with Crippen LogP contribution in [0.5, 0.6) is 5.75 Å². The average molecular weight is 345 g/mol. The molecule has 0 aliphatic heterocycles. The van der Waals surface area contributed by atoms with Gasteiger partial charge in [0.2, 0.25) is 5.89 Å². The van der Waals surface area contributed by atoms with Gasteiger partial charge in [0, 0.05) is 33.0 Å². The molecule has 0 N–H and O–H groups in total. The molecule has 7 nitrogen and oxygen atoms in total. The van der Waals surface area contributed by atoms with Crippen LogP contribution in [0.4, 0.5) is 5.95 Å². The molecule has 1 aromatic carbocycles. The second-order valence-electron chi connectivity index (χ2n) is 5.36. The molecule has 0 spiro atoms. The summed E-state index contributed by atoms with van der Waals surface area (Å²) in [6.45, 7) is 0.749. The highest BCUT2D eigenvalue weighted by Gasteiger charge is 2.11. The largest absolute Gasteiger partial charge is 0.497 e. The number of imidazole rings is 1. The third-order valence-electron chi connectivity index (χ3n) is 3.37. The molecule has 2 aromatic heterocycles. The second-order valence-corrected chi connectivity index (χ2v) is 6.30. The minimum absolute atomic E-state index is 0.576. The second kappa shape index (κ2) is 7.39. The number of hydrogen-bond acceptors (Lipinski definition) is 7. The van der Waals surface area contributed by atoms with Crippen molar-refractivity contribution < 1.29 is 9.26 Å². The van der Waals surface area contributed by atoms with Crippen LogP contribution in [0.3, 0.4) is 0 Å². The zero-order valence-corrected chi connectivity index (χ0v) is 14.7. The van der Waals surface area contributed by atoms with Crippen LogP contribution in [0, 0.1) is 0 Å². The molecule has 0 unspecified atom stereocenters. The van der Waals surface area contributed by atoms with E-state index in [1.165, 1.54) is 5.56 Å². The maximum atomic E-state index is 5.23. The van der Waals surface area contributed by atoms with Gasteiger partial charge in [0.05, 0.1) is 12.9 Å². The topological polar surface area (TPSA) is 69.2 Å². The maximum absolute atomic E-state index is 5.23. The summed E-state index contributed by atoms with van der Waals surface area (Å²) in [4.78, 5) is 10.5. The number of aromatic nitrogens is 4. The quantitative estimate of drug-likeness (QED) is 0.610. The van der Waals surface area contributed by atoms with E-state index in [2.05, 4.69) is 31.8 Å². The van der Waals surface area contributed by atoms with Gasteiger partial charge < -0.3 is 18.7 Å². The van der Waals surface area contributed by atoms with Gasteiger partial charge in [0.25, 0.3) is 5.95 Å². The monoisotopic (exact) mass is 345 g/mol. The molecule has 0 aliphatic rings. The molecule has 0 saturated carbocycles. The van der Waals surface area contributed by atoms with Gasteiger partial charge in [-0.3, -0.25) is 0 Å². The molecule has 24 heavy (non-hydrogen) atoms. The van der Waals surface area contributed by atoms with E-state index in [4.69, 9.17) is 9.26 Å². The summed E-state index contributed by atoms with van der Waals surface area (Å²) in [5.74, 6) is 2.60. The van der Waals surface area contributed by atoms with Crippen molar-refractivity contribution in [3.8, 4) is 5.75 Å². The first kappa shape index (κ1) is 16.4. The zero-order valence-electron chi connectivity index (χ0n) is 13.8. The number of nitrogens with zero attached hydrogens (tertiary/aromatic N) is 5. The van der Waals surface area contributed by atoms with Crippen LogP contribution in [0.25, 0.3) is 0 Å². The Morgan fingerprint density at radius 3 is 2.71 bits per heavy atom. The number of hydrogen-bond donors (Lipinski definition) is 0. The smallest absolute Gasteiger partial charge is 0.265 e. The van der Waals surface area contributed by atoms with Crippen molar-refractivity contribution in [1.82, 2.24) is 19.7 Å². The minimum Gasteiger partial charge on any atom is -0.497 e. The summed E-state index contributed by atoms with van der Waals surface area (Å²) < 4.78 is 12.5. The molecule has 0 saturated heterocycles. The summed E-state index contributed by atoms with van der Waals surface area (Å²) in [6.07, 6.45) is 3.76. The number of thioether (sulfide) groups is 1. The van der Waals surface area contributed by atoms with Crippen molar-refractivity contribution in [2.75, 3.05) is 26.1 Å². The van der Waals surface area contributed by atoms with Crippen LogP contribution in [0.2, 0.25) is 0 Å². The van der Waals surface area contributed by atoms with Gasteiger partial charge in [0.1, 0.15) is 5.75 Å². The van der Waals surface area contributed by atoms with Crippen molar-refractivity contribution in [2.24, 2.45) is 0 Å².